The molecule has 8 heteroatoms. The highest BCUT2D eigenvalue weighted by molar-refractivity contribution is 5.93. The Balaban J connectivity index is 1.13. The Morgan fingerprint density at radius 3 is 2.75 bits per heavy atom. The van der Waals surface area contributed by atoms with Gasteiger partial charge in [0.1, 0.15) is 35.0 Å². The van der Waals surface area contributed by atoms with Gasteiger partial charge in [-0.2, -0.15) is 0 Å². The topological polar surface area (TPSA) is 96.0 Å². The lowest BCUT2D eigenvalue weighted by molar-refractivity contribution is -0.119. The van der Waals surface area contributed by atoms with Crippen molar-refractivity contribution >= 4 is 17.5 Å². The number of fused-ring (bicyclic) bond motifs is 4. The van der Waals surface area contributed by atoms with Gasteiger partial charge in [-0.05, 0) is 48.4 Å². The van der Waals surface area contributed by atoms with E-state index in [1.165, 1.54) is 0 Å². The first kappa shape index (κ1) is 22.4. The predicted molar refractivity (Wildman–Crippen MR) is 131 cm³/mol. The largest absolute Gasteiger partial charge is 0.493 e. The molecule has 1 fully saturated rings. The SMILES string of the molecule is COc1ccc(CC(=O)C[C@@H]2[C@H]3Oc4ccc(Oc5ccnc6c5CCC(=O)N6)cc4[C@@H]23)cc1OC. The average Bonchev–Trinajstić information content (AvgIpc) is 3.39. The monoisotopic (exact) mass is 486 g/mol. The number of amides is 1. The number of hydrogen-bond acceptors (Lipinski definition) is 7. The lowest BCUT2D eigenvalue weighted by Crippen LogP contribution is -2.20. The number of rotatable bonds is 8. The second-order valence-corrected chi connectivity index (χ2v) is 9.37. The first-order valence-electron chi connectivity index (χ1n) is 12.0. The summed E-state index contributed by atoms with van der Waals surface area (Å²) in [5, 5.41) is 2.80. The van der Waals surface area contributed by atoms with Crippen molar-refractivity contribution < 1.29 is 28.5 Å². The summed E-state index contributed by atoms with van der Waals surface area (Å²) in [5.74, 6) is 4.57. The second-order valence-electron chi connectivity index (χ2n) is 9.37. The Hall–Kier alpha value is -4.07. The van der Waals surface area contributed by atoms with Crippen LogP contribution in [0.3, 0.4) is 0 Å². The Kier molecular flexibility index (Phi) is 5.51. The summed E-state index contributed by atoms with van der Waals surface area (Å²) in [4.78, 5) is 28.8. The van der Waals surface area contributed by atoms with Crippen LogP contribution in [-0.2, 0) is 22.4 Å². The van der Waals surface area contributed by atoms with E-state index < -0.39 is 0 Å². The van der Waals surface area contributed by atoms with Crippen molar-refractivity contribution in [1.29, 1.82) is 0 Å². The molecule has 0 spiro atoms. The molecule has 1 aliphatic carbocycles. The highest BCUT2D eigenvalue weighted by atomic mass is 16.5. The number of nitrogens with one attached hydrogen (secondary N) is 1. The molecular weight excluding hydrogens is 460 g/mol. The number of nitrogens with zero attached hydrogens (tertiary/aromatic N) is 1. The van der Waals surface area contributed by atoms with Gasteiger partial charge in [-0.25, -0.2) is 4.98 Å². The van der Waals surface area contributed by atoms with E-state index in [4.69, 9.17) is 18.9 Å². The third-order valence-electron chi connectivity index (χ3n) is 7.11. The van der Waals surface area contributed by atoms with Gasteiger partial charge in [0, 0.05) is 48.4 Å². The maximum absolute atomic E-state index is 12.8. The minimum Gasteiger partial charge on any atom is -0.493 e. The minimum absolute atomic E-state index is 0.0340. The van der Waals surface area contributed by atoms with Crippen molar-refractivity contribution in [2.75, 3.05) is 19.5 Å². The fraction of sp³-hybridized carbons (Fsp3) is 0.321. The molecule has 1 N–H and O–H groups in total. The van der Waals surface area contributed by atoms with Crippen LogP contribution in [0.25, 0.3) is 0 Å². The van der Waals surface area contributed by atoms with Crippen LogP contribution < -0.4 is 24.3 Å². The van der Waals surface area contributed by atoms with Crippen molar-refractivity contribution in [3.8, 4) is 28.7 Å². The van der Waals surface area contributed by atoms with Gasteiger partial charge in [-0.1, -0.05) is 6.07 Å². The second kappa shape index (κ2) is 8.86. The number of ketones is 1. The van der Waals surface area contributed by atoms with E-state index in [1.54, 1.807) is 20.4 Å². The van der Waals surface area contributed by atoms with Crippen molar-refractivity contribution in [3.05, 3.63) is 65.4 Å². The van der Waals surface area contributed by atoms with Crippen LogP contribution in [-0.4, -0.2) is 37.0 Å². The van der Waals surface area contributed by atoms with Gasteiger partial charge in [0.25, 0.3) is 0 Å². The molecule has 0 unspecified atom stereocenters. The van der Waals surface area contributed by atoms with Crippen molar-refractivity contribution in [2.24, 2.45) is 5.92 Å². The van der Waals surface area contributed by atoms with Gasteiger partial charge >= 0.3 is 0 Å². The fourth-order valence-corrected chi connectivity index (χ4v) is 5.29. The van der Waals surface area contributed by atoms with Gasteiger partial charge in [0.05, 0.1) is 14.2 Å². The summed E-state index contributed by atoms with van der Waals surface area (Å²) >= 11 is 0. The third kappa shape index (κ3) is 4.02. The van der Waals surface area contributed by atoms with Gasteiger partial charge in [-0.15, -0.1) is 0 Å². The zero-order valence-electron chi connectivity index (χ0n) is 20.1. The summed E-state index contributed by atoms with van der Waals surface area (Å²) in [6.07, 6.45) is 3.48. The van der Waals surface area contributed by atoms with E-state index in [-0.39, 0.29) is 29.6 Å². The van der Waals surface area contributed by atoms with Crippen LogP contribution in [0.1, 0.15) is 35.4 Å². The number of benzene rings is 2. The number of anilines is 1. The molecule has 1 amide bonds. The molecule has 3 atom stereocenters. The Morgan fingerprint density at radius 1 is 1.06 bits per heavy atom. The highest BCUT2D eigenvalue weighted by Crippen LogP contribution is 2.60. The van der Waals surface area contributed by atoms with Crippen LogP contribution in [0.15, 0.2) is 48.7 Å². The summed E-state index contributed by atoms with van der Waals surface area (Å²) in [5.41, 5.74) is 2.88. The first-order valence-corrected chi connectivity index (χ1v) is 12.0. The Labute approximate surface area is 208 Å². The summed E-state index contributed by atoms with van der Waals surface area (Å²) in [7, 11) is 3.18. The molecule has 8 nitrogen and oxygen atoms in total. The number of Topliss-reactive ketones (excluding diaryl/α,β-unsaturated/α-hetero) is 1. The highest BCUT2D eigenvalue weighted by Gasteiger charge is 2.59. The number of ether oxygens (including phenoxy) is 4. The fourth-order valence-electron chi connectivity index (χ4n) is 5.29. The van der Waals surface area contributed by atoms with Crippen LogP contribution in [0, 0.1) is 5.92 Å². The smallest absolute Gasteiger partial charge is 0.225 e. The number of pyridine rings is 1. The normalized spacial score (nSPS) is 20.8. The zero-order chi connectivity index (χ0) is 24.8. The standard InChI is InChI=1S/C28H26N2O6/c1-33-23-6-3-15(12-24(23)34-2)11-16(31)13-20-26-19-14-17(4-7-21(19)36-27(20)26)35-22-9-10-29-28-18(22)5-8-25(32)30-28/h3-4,6-7,9-10,12,14,20,26-27H,5,8,11,13H2,1-2H3,(H,29,30,32)/t20-,26-,27+/m0/s1. The molecule has 0 saturated heterocycles. The van der Waals surface area contributed by atoms with Crippen LogP contribution in [0.2, 0.25) is 0 Å². The molecule has 2 aliphatic heterocycles. The Bertz CT molecular complexity index is 1370. The van der Waals surface area contributed by atoms with Gasteiger partial charge in [-0.3, -0.25) is 9.59 Å². The van der Waals surface area contributed by atoms with E-state index >= 15 is 0 Å². The molecule has 2 aromatic carbocycles. The maximum atomic E-state index is 12.8. The van der Waals surface area contributed by atoms with E-state index in [0.717, 1.165) is 22.4 Å². The van der Waals surface area contributed by atoms with Gasteiger partial charge in [0.2, 0.25) is 5.91 Å². The molecular formula is C28H26N2O6. The third-order valence-corrected chi connectivity index (χ3v) is 7.11. The molecule has 6 rings (SSSR count). The quantitative estimate of drug-likeness (QED) is 0.502. The van der Waals surface area contributed by atoms with Crippen molar-refractivity contribution in [1.82, 2.24) is 4.98 Å². The van der Waals surface area contributed by atoms with Gasteiger partial charge in [0.15, 0.2) is 11.5 Å². The molecule has 0 bridgehead atoms. The molecule has 1 saturated carbocycles. The molecule has 3 heterocycles. The molecule has 184 valence electrons. The number of carbonyl (C=O) groups is 2. The number of carbonyl (C=O) groups excluding carboxylic acids is 2. The number of hydrogen-bond donors (Lipinski definition) is 1. The predicted octanol–water partition coefficient (Wildman–Crippen LogP) is 4.45. The molecule has 36 heavy (non-hydrogen) atoms. The summed E-state index contributed by atoms with van der Waals surface area (Å²) in [6.45, 7) is 0. The summed E-state index contributed by atoms with van der Waals surface area (Å²) in [6, 6.07) is 13.2. The maximum Gasteiger partial charge on any atom is 0.225 e. The lowest BCUT2D eigenvalue weighted by atomic mass is 10.0. The van der Waals surface area contributed by atoms with E-state index in [2.05, 4.69) is 10.3 Å². The molecule has 1 aromatic heterocycles. The minimum atomic E-state index is -0.0340. The Morgan fingerprint density at radius 2 is 1.92 bits per heavy atom. The molecule has 3 aromatic rings. The van der Waals surface area contributed by atoms with Crippen LogP contribution >= 0.6 is 0 Å². The number of methoxy groups -OCH3 is 2. The number of aromatic nitrogens is 1. The van der Waals surface area contributed by atoms with Crippen LogP contribution in [0.5, 0.6) is 28.7 Å². The molecule has 3 aliphatic rings. The summed E-state index contributed by atoms with van der Waals surface area (Å²) < 4.78 is 22.9. The van der Waals surface area contributed by atoms with Crippen molar-refractivity contribution in [3.63, 3.8) is 0 Å². The van der Waals surface area contributed by atoms with E-state index in [0.29, 0.717) is 54.5 Å². The van der Waals surface area contributed by atoms with Crippen molar-refractivity contribution in [2.45, 2.75) is 37.7 Å². The van der Waals surface area contributed by atoms with Gasteiger partial charge < -0.3 is 24.3 Å². The van der Waals surface area contributed by atoms with E-state index in [9.17, 15) is 9.59 Å². The first-order chi connectivity index (χ1) is 17.5. The average molecular weight is 487 g/mol. The zero-order valence-corrected chi connectivity index (χ0v) is 20.1. The van der Waals surface area contributed by atoms with E-state index in [1.807, 2.05) is 42.5 Å². The molecule has 0 radical (unpaired) electrons. The lowest BCUT2D eigenvalue weighted by Gasteiger charge is -2.19. The van der Waals surface area contributed by atoms with Crippen LogP contribution in [0.4, 0.5) is 5.82 Å².